The highest BCUT2D eigenvalue weighted by Gasteiger charge is 2.34. The second-order valence-corrected chi connectivity index (χ2v) is 6.60. The van der Waals surface area contributed by atoms with Crippen LogP contribution in [0.5, 0.6) is 0 Å². The van der Waals surface area contributed by atoms with Gasteiger partial charge in [0.05, 0.1) is 22.7 Å². The number of amides is 2. The highest BCUT2D eigenvalue weighted by molar-refractivity contribution is 6.34. The fraction of sp³-hybridized carbons (Fsp3) is 0.250. The van der Waals surface area contributed by atoms with Crippen molar-refractivity contribution in [3.05, 3.63) is 64.2 Å². The third-order valence-electron chi connectivity index (χ3n) is 3.95. The largest absolute Gasteiger partial charge is 0.456 e. The molecule has 2 amide bonds. The molecule has 0 spiro atoms. The van der Waals surface area contributed by atoms with Crippen LogP contribution in [-0.2, 0) is 20.5 Å². The molecule has 0 radical (unpaired) electrons. The molecule has 0 unspecified atom stereocenters. The highest BCUT2D eigenvalue weighted by atomic mass is 35.5. The molecule has 2 rings (SSSR count). The summed E-state index contributed by atoms with van der Waals surface area (Å²) >= 11 is 5.74. The summed E-state index contributed by atoms with van der Waals surface area (Å²) in [5.74, 6) is -2.15. The molecule has 0 saturated carbocycles. The minimum absolute atomic E-state index is 0.0314. The van der Waals surface area contributed by atoms with Crippen LogP contribution in [0.3, 0.4) is 0 Å². The van der Waals surface area contributed by atoms with E-state index in [1.54, 1.807) is 31.2 Å². The first-order valence-corrected chi connectivity index (χ1v) is 9.12. The summed E-state index contributed by atoms with van der Waals surface area (Å²) in [6.07, 6.45) is -4.94. The molecule has 160 valence electrons. The van der Waals surface area contributed by atoms with Gasteiger partial charge < -0.3 is 15.4 Å². The molecule has 0 fully saturated rings. The van der Waals surface area contributed by atoms with E-state index < -0.39 is 35.9 Å². The van der Waals surface area contributed by atoms with Gasteiger partial charge in [-0.1, -0.05) is 35.9 Å². The normalized spacial score (nSPS) is 11.0. The van der Waals surface area contributed by atoms with Gasteiger partial charge in [0.1, 0.15) is 0 Å². The molecule has 10 heteroatoms. The van der Waals surface area contributed by atoms with E-state index in [2.05, 4.69) is 5.32 Å². The van der Waals surface area contributed by atoms with Crippen LogP contribution in [0.1, 0.15) is 27.9 Å². The number of hydrogen-bond donors (Lipinski definition) is 2. The Morgan fingerprint density at radius 2 is 1.77 bits per heavy atom. The average molecular weight is 443 g/mol. The SMILES string of the molecule is Cc1ccccc1C(=O)NCCC(=O)OCC(=O)Nc1c(Cl)cccc1C(F)(F)F. The Morgan fingerprint density at radius 3 is 2.43 bits per heavy atom. The summed E-state index contributed by atoms with van der Waals surface area (Å²) in [7, 11) is 0. The number of hydrogen-bond acceptors (Lipinski definition) is 4. The number of carbonyl (C=O) groups is 3. The Morgan fingerprint density at radius 1 is 1.07 bits per heavy atom. The van der Waals surface area contributed by atoms with Gasteiger partial charge in [-0.15, -0.1) is 0 Å². The molecule has 0 aromatic heterocycles. The number of rotatable bonds is 7. The number of anilines is 1. The Kier molecular flexibility index (Phi) is 7.82. The molecule has 0 saturated heterocycles. The zero-order chi connectivity index (χ0) is 22.3. The minimum atomic E-state index is -4.72. The number of ether oxygens (including phenoxy) is 1. The number of para-hydroxylation sites is 1. The number of halogens is 4. The number of alkyl halides is 3. The Balaban J connectivity index is 1.81. The van der Waals surface area contributed by atoms with E-state index in [4.69, 9.17) is 16.3 Å². The molecule has 0 aliphatic rings. The van der Waals surface area contributed by atoms with E-state index in [-0.39, 0.29) is 23.9 Å². The molecule has 0 aliphatic carbocycles. The van der Waals surface area contributed by atoms with Gasteiger partial charge in [-0.3, -0.25) is 14.4 Å². The fourth-order valence-corrected chi connectivity index (χ4v) is 2.70. The quantitative estimate of drug-likeness (QED) is 0.635. The van der Waals surface area contributed by atoms with E-state index in [0.29, 0.717) is 5.56 Å². The summed E-state index contributed by atoms with van der Waals surface area (Å²) in [5.41, 5.74) is -0.496. The molecule has 6 nitrogen and oxygen atoms in total. The van der Waals surface area contributed by atoms with Crippen LogP contribution in [0, 0.1) is 6.92 Å². The van der Waals surface area contributed by atoms with Gasteiger partial charge in [0, 0.05) is 12.1 Å². The van der Waals surface area contributed by atoms with Gasteiger partial charge in [0.15, 0.2) is 6.61 Å². The zero-order valence-electron chi connectivity index (χ0n) is 15.8. The minimum Gasteiger partial charge on any atom is -0.456 e. The van der Waals surface area contributed by atoms with Crippen molar-refractivity contribution >= 4 is 35.1 Å². The van der Waals surface area contributed by atoms with Gasteiger partial charge in [0.2, 0.25) is 0 Å². The molecule has 2 N–H and O–H groups in total. The monoisotopic (exact) mass is 442 g/mol. The van der Waals surface area contributed by atoms with Gasteiger partial charge >= 0.3 is 12.1 Å². The van der Waals surface area contributed by atoms with Crippen molar-refractivity contribution < 1.29 is 32.3 Å². The van der Waals surface area contributed by atoms with Crippen molar-refractivity contribution in [2.24, 2.45) is 0 Å². The molecule has 0 aliphatic heterocycles. The number of aryl methyl sites for hydroxylation is 1. The van der Waals surface area contributed by atoms with Gasteiger partial charge in [-0.2, -0.15) is 13.2 Å². The topological polar surface area (TPSA) is 84.5 Å². The maximum atomic E-state index is 13.0. The Labute approximate surface area is 175 Å². The van der Waals surface area contributed by atoms with E-state index in [0.717, 1.165) is 17.7 Å². The first kappa shape index (κ1) is 23.2. The smallest absolute Gasteiger partial charge is 0.418 e. The lowest BCUT2D eigenvalue weighted by Gasteiger charge is -2.15. The predicted octanol–water partition coefficient (Wildman–Crippen LogP) is 3.97. The summed E-state index contributed by atoms with van der Waals surface area (Å²) in [6.45, 7) is 0.939. The molecule has 2 aromatic rings. The lowest BCUT2D eigenvalue weighted by molar-refractivity contribution is -0.147. The van der Waals surface area contributed by atoms with Crippen molar-refractivity contribution in [3.63, 3.8) is 0 Å². The maximum Gasteiger partial charge on any atom is 0.418 e. The van der Waals surface area contributed by atoms with Gasteiger partial charge in [-0.25, -0.2) is 0 Å². The number of esters is 1. The van der Waals surface area contributed by atoms with Crippen LogP contribution >= 0.6 is 11.6 Å². The second kappa shape index (κ2) is 10.1. The molecule has 0 atom stereocenters. The van der Waals surface area contributed by atoms with Crippen molar-refractivity contribution in [1.82, 2.24) is 5.32 Å². The first-order chi connectivity index (χ1) is 14.1. The molecule has 30 heavy (non-hydrogen) atoms. The van der Waals surface area contributed by atoms with Crippen molar-refractivity contribution in [2.45, 2.75) is 19.5 Å². The molecule has 0 heterocycles. The fourth-order valence-electron chi connectivity index (χ4n) is 2.48. The van der Waals surface area contributed by atoms with E-state index in [9.17, 15) is 27.6 Å². The number of carbonyl (C=O) groups excluding carboxylic acids is 3. The molecular formula is C20H18ClF3N2O4. The van der Waals surface area contributed by atoms with Gasteiger partial charge in [0.25, 0.3) is 11.8 Å². The summed E-state index contributed by atoms with van der Waals surface area (Å²) < 4.78 is 43.8. The van der Waals surface area contributed by atoms with Crippen molar-refractivity contribution in [3.8, 4) is 0 Å². The predicted molar refractivity (Wildman–Crippen MR) is 104 cm³/mol. The van der Waals surface area contributed by atoms with Crippen molar-refractivity contribution in [1.29, 1.82) is 0 Å². The molecular weight excluding hydrogens is 425 g/mol. The van der Waals surface area contributed by atoms with Crippen LogP contribution in [0.2, 0.25) is 5.02 Å². The second-order valence-electron chi connectivity index (χ2n) is 6.19. The maximum absolute atomic E-state index is 13.0. The summed E-state index contributed by atoms with van der Waals surface area (Å²) in [5, 5.41) is 4.25. The third kappa shape index (κ3) is 6.48. The van der Waals surface area contributed by atoms with Crippen molar-refractivity contribution in [2.75, 3.05) is 18.5 Å². The van der Waals surface area contributed by atoms with E-state index in [1.165, 1.54) is 6.07 Å². The lowest BCUT2D eigenvalue weighted by Crippen LogP contribution is -2.28. The zero-order valence-corrected chi connectivity index (χ0v) is 16.6. The molecule has 2 aromatic carbocycles. The van der Waals surface area contributed by atoms with Crippen LogP contribution < -0.4 is 10.6 Å². The van der Waals surface area contributed by atoms with Crippen LogP contribution in [-0.4, -0.2) is 30.9 Å². The van der Waals surface area contributed by atoms with Gasteiger partial charge in [-0.05, 0) is 30.7 Å². The van der Waals surface area contributed by atoms with E-state index >= 15 is 0 Å². The standard InChI is InChI=1S/C20H18ClF3N2O4/c1-12-5-2-3-6-13(12)19(29)25-10-9-17(28)30-11-16(27)26-18-14(20(22,23)24)7-4-8-15(18)21/h2-8H,9-11H2,1H3,(H,25,29)(H,26,27). The van der Waals surface area contributed by atoms with Crippen LogP contribution in [0.25, 0.3) is 0 Å². The lowest BCUT2D eigenvalue weighted by atomic mass is 10.1. The van der Waals surface area contributed by atoms with Crippen LogP contribution in [0.15, 0.2) is 42.5 Å². The highest BCUT2D eigenvalue weighted by Crippen LogP contribution is 2.38. The Bertz CT molecular complexity index is 948. The first-order valence-electron chi connectivity index (χ1n) is 8.74. The number of nitrogens with one attached hydrogen (secondary N) is 2. The van der Waals surface area contributed by atoms with E-state index in [1.807, 2.05) is 5.32 Å². The van der Waals surface area contributed by atoms with Crippen LogP contribution in [0.4, 0.5) is 18.9 Å². The number of benzene rings is 2. The summed E-state index contributed by atoms with van der Waals surface area (Å²) in [6, 6.07) is 9.96. The Hall–Kier alpha value is -3.07. The third-order valence-corrected chi connectivity index (χ3v) is 4.27. The summed E-state index contributed by atoms with van der Waals surface area (Å²) in [4.78, 5) is 35.6. The average Bonchev–Trinajstić information content (AvgIpc) is 2.67. The molecule has 0 bridgehead atoms.